The number of rotatable bonds is 14. The number of carbonyl (C=O) groups is 4. The maximum absolute atomic E-state index is 13.0. The van der Waals surface area contributed by atoms with E-state index in [1.807, 2.05) is 0 Å². The number of benzene rings is 1. The van der Waals surface area contributed by atoms with Crippen LogP contribution in [0, 0.1) is 5.92 Å². The molecule has 5 atom stereocenters. The van der Waals surface area contributed by atoms with Crippen molar-refractivity contribution in [3.8, 4) is 5.75 Å². The second-order valence-corrected chi connectivity index (χ2v) is 8.77. The van der Waals surface area contributed by atoms with Gasteiger partial charge in [0, 0.05) is 24.7 Å². The van der Waals surface area contributed by atoms with E-state index in [0.29, 0.717) is 17.7 Å². The third-order valence-electron chi connectivity index (χ3n) is 5.93. The Hall–Kier alpha value is -3.97. The SMILES string of the molecule is CCC(C)C(NC(=O)C(CO)NC(=O)C(N)Cc1cnc[nH]1)C(=O)NC(Cc1ccc(O)cc1)C(=O)O. The summed E-state index contributed by atoms with van der Waals surface area (Å²) < 4.78 is 0. The molecule has 0 saturated heterocycles. The Kier molecular flexibility index (Phi) is 11.0. The normalized spacial score (nSPS) is 15.0. The van der Waals surface area contributed by atoms with Crippen molar-refractivity contribution in [1.82, 2.24) is 25.9 Å². The smallest absolute Gasteiger partial charge is 0.326 e. The number of imidazole rings is 1. The molecule has 1 aromatic heterocycles. The van der Waals surface area contributed by atoms with Crippen LogP contribution in [0.4, 0.5) is 0 Å². The summed E-state index contributed by atoms with van der Waals surface area (Å²) in [6.07, 6.45) is 3.49. The maximum Gasteiger partial charge on any atom is 0.326 e. The van der Waals surface area contributed by atoms with Crippen LogP contribution in [0.15, 0.2) is 36.8 Å². The molecule has 0 aliphatic carbocycles. The van der Waals surface area contributed by atoms with E-state index in [0.717, 1.165) is 0 Å². The van der Waals surface area contributed by atoms with E-state index in [1.165, 1.54) is 36.8 Å². The Morgan fingerprint density at radius 2 is 1.65 bits per heavy atom. The van der Waals surface area contributed by atoms with E-state index in [-0.39, 0.29) is 18.6 Å². The summed E-state index contributed by atoms with van der Waals surface area (Å²) in [7, 11) is 0. The van der Waals surface area contributed by atoms with Gasteiger partial charge in [-0.05, 0) is 23.6 Å². The van der Waals surface area contributed by atoms with Crippen molar-refractivity contribution in [1.29, 1.82) is 0 Å². The first-order valence-corrected chi connectivity index (χ1v) is 11.8. The number of aromatic amines is 1. The second-order valence-electron chi connectivity index (χ2n) is 8.77. The van der Waals surface area contributed by atoms with Crippen molar-refractivity contribution in [3.63, 3.8) is 0 Å². The average Bonchev–Trinajstić information content (AvgIpc) is 3.38. The fourth-order valence-corrected chi connectivity index (χ4v) is 3.48. The molecule has 1 aromatic carbocycles. The molecule has 0 radical (unpaired) electrons. The largest absolute Gasteiger partial charge is 0.508 e. The Bertz CT molecular complexity index is 1040. The number of phenols is 1. The van der Waals surface area contributed by atoms with Crippen LogP contribution in [0.1, 0.15) is 31.5 Å². The highest BCUT2D eigenvalue weighted by Crippen LogP contribution is 2.13. The highest BCUT2D eigenvalue weighted by Gasteiger charge is 2.32. The summed E-state index contributed by atoms with van der Waals surface area (Å²) in [6, 6.07) is 1.05. The lowest BCUT2D eigenvalue weighted by Crippen LogP contribution is -2.59. The molecule has 13 heteroatoms. The molecule has 202 valence electrons. The number of aliphatic carboxylic acids is 1. The number of nitrogens with two attached hydrogens (primary N) is 1. The molecule has 1 heterocycles. The first-order valence-electron chi connectivity index (χ1n) is 11.8. The number of carbonyl (C=O) groups excluding carboxylic acids is 3. The lowest BCUT2D eigenvalue weighted by Gasteiger charge is -2.27. The molecule has 2 rings (SSSR count). The lowest BCUT2D eigenvalue weighted by atomic mass is 9.97. The van der Waals surface area contributed by atoms with Crippen LogP contribution in [0.5, 0.6) is 5.75 Å². The summed E-state index contributed by atoms with van der Waals surface area (Å²) >= 11 is 0. The molecule has 0 spiro atoms. The predicted octanol–water partition coefficient (Wildman–Crippen LogP) is -1.19. The van der Waals surface area contributed by atoms with Gasteiger partial charge in [0.1, 0.15) is 23.9 Å². The maximum atomic E-state index is 13.0. The van der Waals surface area contributed by atoms with Crippen LogP contribution in [0.2, 0.25) is 0 Å². The first kappa shape index (κ1) is 29.3. The monoisotopic (exact) mass is 518 g/mol. The van der Waals surface area contributed by atoms with E-state index in [2.05, 4.69) is 25.9 Å². The van der Waals surface area contributed by atoms with Gasteiger partial charge in [-0.1, -0.05) is 32.4 Å². The van der Waals surface area contributed by atoms with Crippen LogP contribution in [0.25, 0.3) is 0 Å². The fraction of sp³-hybridized carbons (Fsp3) is 0.458. The molecule has 0 aliphatic heterocycles. The topological polar surface area (TPSA) is 220 Å². The third kappa shape index (κ3) is 8.88. The van der Waals surface area contributed by atoms with E-state index in [9.17, 15) is 34.5 Å². The molecule has 5 unspecified atom stereocenters. The summed E-state index contributed by atoms with van der Waals surface area (Å²) in [5.41, 5.74) is 7.06. The van der Waals surface area contributed by atoms with Crippen LogP contribution in [0.3, 0.4) is 0 Å². The van der Waals surface area contributed by atoms with Crippen LogP contribution < -0.4 is 21.7 Å². The van der Waals surface area contributed by atoms with Gasteiger partial charge in [-0.3, -0.25) is 14.4 Å². The van der Waals surface area contributed by atoms with Crippen molar-refractivity contribution in [2.75, 3.05) is 6.61 Å². The van der Waals surface area contributed by atoms with Crippen molar-refractivity contribution < 1.29 is 34.5 Å². The average molecular weight is 519 g/mol. The zero-order valence-electron chi connectivity index (χ0n) is 20.7. The Balaban J connectivity index is 2.06. The van der Waals surface area contributed by atoms with Crippen molar-refractivity contribution in [3.05, 3.63) is 48.0 Å². The number of H-pyrrole nitrogens is 1. The molecular formula is C24H34N6O7. The number of nitrogens with zero attached hydrogens (tertiary/aromatic N) is 1. The minimum Gasteiger partial charge on any atom is -0.508 e. The summed E-state index contributed by atoms with van der Waals surface area (Å²) in [4.78, 5) is 56.8. The van der Waals surface area contributed by atoms with Gasteiger partial charge < -0.3 is 42.0 Å². The number of hydrogen-bond donors (Lipinski definition) is 8. The Labute approximate surface area is 213 Å². The van der Waals surface area contributed by atoms with Crippen LogP contribution in [-0.4, -0.2) is 79.8 Å². The van der Waals surface area contributed by atoms with Gasteiger partial charge in [0.15, 0.2) is 0 Å². The van der Waals surface area contributed by atoms with E-state index in [1.54, 1.807) is 13.8 Å². The Morgan fingerprint density at radius 3 is 2.19 bits per heavy atom. The molecule has 2 aromatic rings. The highest BCUT2D eigenvalue weighted by molar-refractivity contribution is 5.94. The lowest BCUT2D eigenvalue weighted by molar-refractivity contribution is -0.142. The standard InChI is InChI=1S/C24H34N6O7/c1-3-13(2)20(23(35)28-18(24(36)37)8-14-4-6-16(32)7-5-14)30-22(34)19(11-31)29-21(33)17(25)9-15-10-26-12-27-15/h4-7,10,12-13,17-20,31-32H,3,8-9,11,25H2,1-2H3,(H,26,27)(H,28,35)(H,29,33)(H,30,34)(H,36,37). The van der Waals surface area contributed by atoms with E-state index >= 15 is 0 Å². The van der Waals surface area contributed by atoms with Crippen LogP contribution >= 0.6 is 0 Å². The summed E-state index contributed by atoms with van der Waals surface area (Å²) in [5, 5.41) is 36.1. The van der Waals surface area contributed by atoms with Crippen molar-refractivity contribution in [2.45, 2.75) is 57.3 Å². The van der Waals surface area contributed by atoms with Gasteiger partial charge in [0.05, 0.1) is 19.0 Å². The quantitative estimate of drug-likeness (QED) is 0.150. The number of aliphatic hydroxyl groups excluding tert-OH is 1. The number of aromatic nitrogens is 2. The van der Waals surface area contributed by atoms with Gasteiger partial charge >= 0.3 is 5.97 Å². The number of aliphatic hydroxyl groups is 1. The van der Waals surface area contributed by atoms with E-state index < -0.39 is 60.4 Å². The number of nitrogens with one attached hydrogen (secondary N) is 4. The molecule has 37 heavy (non-hydrogen) atoms. The molecule has 0 saturated carbocycles. The predicted molar refractivity (Wildman–Crippen MR) is 132 cm³/mol. The second kappa shape index (κ2) is 13.9. The van der Waals surface area contributed by atoms with Gasteiger partial charge in [0.2, 0.25) is 17.7 Å². The summed E-state index contributed by atoms with van der Waals surface area (Å²) in [5.74, 6) is -3.89. The summed E-state index contributed by atoms with van der Waals surface area (Å²) in [6.45, 7) is 2.75. The molecule has 0 aliphatic rings. The van der Waals surface area contributed by atoms with Gasteiger partial charge in [-0.2, -0.15) is 0 Å². The van der Waals surface area contributed by atoms with Gasteiger partial charge in [-0.25, -0.2) is 9.78 Å². The number of carboxylic acids is 1. The Morgan fingerprint density at radius 1 is 1.00 bits per heavy atom. The zero-order valence-corrected chi connectivity index (χ0v) is 20.7. The highest BCUT2D eigenvalue weighted by atomic mass is 16.4. The number of amides is 3. The minimum atomic E-state index is -1.38. The van der Waals surface area contributed by atoms with Crippen molar-refractivity contribution >= 4 is 23.7 Å². The minimum absolute atomic E-state index is 0.0204. The number of phenolic OH excluding ortho intramolecular Hbond substituents is 1. The van der Waals surface area contributed by atoms with Crippen molar-refractivity contribution in [2.24, 2.45) is 11.7 Å². The molecular weight excluding hydrogens is 484 g/mol. The zero-order chi connectivity index (χ0) is 27.5. The van der Waals surface area contributed by atoms with Crippen LogP contribution in [-0.2, 0) is 32.0 Å². The fourth-order valence-electron chi connectivity index (χ4n) is 3.48. The van der Waals surface area contributed by atoms with Gasteiger partial charge in [-0.15, -0.1) is 0 Å². The molecule has 0 bridgehead atoms. The molecule has 0 fully saturated rings. The number of hydrogen-bond acceptors (Lipinski definition) is 8. The molecule has 9 N–H and O–H groups in total. The number of aromatic hydroxyl groups is 1. The van der Waals surface area contributed by atoms with Gasteiger partial charge in [0.25, 0.3) is 0 Å². The third-order valence-corrected chi connectivity index (χ3v) is 5.93. The number of carboxylic acid groups (broad SMARTS) is 1. The van der Waals surface area contributed by atoms with E-state index in [4.69, 9.17) is 5.73 Å². The first-order chi connectivity index (χ1) is 17.5. The molecule has 3 amide bonds. The molecule has 13 nitrogen and oxygen atoms in total.